The van der Waals surface area contributed by atoms with E-state index in [1.165, 1.54) is 12.1 Å². The minimum atomic E-state index is -0.342. The van der Waals surface area contributed by atoms with Gasteiger partial charge < -0.3 is 20.3 Å². The highest BCUT2D eigenvalue weighted by Crippen LogP contribution is 2.25. The molecule has 3 aromatic rings. The van der Waals surface area contributed by atoms with Crippen molar-refractivity contribution in [2.24, 2.45) is 5.92 Å². The fourth-order valence-electron chi connectivity index (χ4n) is 4.60. The molecule has 2 N–H and O–H groups in total. The predicted molar refractivity (Wildman–Crippen MR) is 140 cm³/mol. The molecule has 36 heavy (non-hydrogen) atoms. The van der Waals surface area contributed by atoms with E-state index in [1.807, 2.05) is 37.3 Å². The van der Waals surface area contributed by atoms with Gasteiger partial charge in [0.1, 0.15) is 11.6 Å². The number of ketones is 1. The first kappa shape index (κ1) is 25.4. The zero-order chi connectivity index (χ0) is 25.7. The van der Waals surface area contributed by atoms with Crippen molar-refractivity contribution in [1.29, 1.82) is 0 Å². The smallest absolute Gasteiger partial charge is 0.258 e. The highest BCUT2D eigenvalue weighted by molar-refractivity contribution is 6.06. The number of nitrogens with zero attached hydrogens (tertiary/aromatic N) is 2. The van der Waals surface area contributed by atoms with Crippen LogP contribution < -0.4 is 15.4 Å². The summed E-state index contributed by atoms with van der Waals surface area (Å²) in [5.41, 5.74) is 9.36. The summed E-state index contributed by atoms with van der Waals surface area (Å²) in [5, 5.41) is 0. The number of piperidine rings is 1. The van der Waals surface area contributed by atoms with Gasteiger partial charge in [0.05, 0.1) is 7.11 Å². The first-order valence-electron chi connectivity index (χ1n) is 12.2. The van der Waals surface area contributed by atoms with Crippen LogP contribution in [0.4, 0.5) is 15.8 Å². The van der Waals surface area contributed by atoms with Crippen LogP contribution in [0, 0.1) is 18.7 Å². The van der Waals surface area contributed by atoms with Gasteiger partial charge in [-0.1, -0.05) is 6.07 Å². The number of ether oxygens (including phenoxy) is 1. The van der Waals surface area contributed by atoms with E-state index in [1.54, 1.807) is 36.3 Å². The summed E-state index contributed by atoms with van der Waals surface area (Å²) in [4.78, 5) is 30.4. The monoisotopic (exact) mass is 489 g/mol. The average Bonchev–Trinajstić information content (AvgIpc) is 2.90. The number of benzene rings is 3. The highest BCUT2D eigenvalue weighted by atomic mass is 19.1. The Kier molecular flexibility index (Phi) is 8.00. The Morgan fingerprint density at radius 2 is 1.72 bits per heavy atom. The van der Waals surface area contributed by atoms with Crippen molar-refractivity contribution in [3.8, 4) is 5.75 Å². The fourth-order valence-corrected chi connectivity index (χ4v) is 4.60. The number of likely N-dealkylation sites (tertiary alicyclic amines) is 1. The first-order chi connectivity index (χ1) is 17.4. The maximum Gasteiger partial charge on any atom is 0.258 e. The zero-order valence-electron chi connectivity index (χ0n) is 20.7. The third-order valence-corrected chi connectivity index (χ3v) is 6.85. The van der Waals surface area contributed by atoms with Gasteiger partial charge in [-0.05, 0) is 93.0 Å². The Labute approximate surface area is 211 Å². The summed E-state index contributed by atoms with van der Waals surface area (Å²) < 4.78 is 18.6. The van der Waals surface area contributed by atoms with Crippen molar-refractivity contribution >= 4 is 23.1 Å². The number of methoxy groups -OCH3 is 1. The van der Waals surface area contributed by atoms with Gasteiger partial charge >= 0.3 is 0 Å². The number of nitrogen functional groups attached to an aromatic ring is 1. The third kappa shape index (κ3) is 5.91. The van der Waals surface area contributed by atoms with Crippen LogP contribution in [-0.4, -0.2) is 49.9 Å². The van der Waals surface area contributed by atoms with E-state index in [-0.39, 0.29) is 23.4 Å². The maximum atomic E-state index is 13.6. The molecule has 4 rings (SSSR count). The minimum absolute atomic E-state index is 0.0689. The van der Waals surface area contributed by atoms with Gasteiger partial charge in [0, 0.05) is 47.6 Å². The van der Waals surface area contributed by atoms with E-state index in [4.69, 9.17) is 10.5 Å². The first-order valence-corrected chi connectivity index (χ1v) is 12.2. The van der Waals surface area contributed by atoms with Gasteiger partial charge in [0.2, 0.25) is 0 Å². The number of Topliss-reactive ketones (excluding diaryl/α,β-unsaturated/α-hetero) is 1. The van der Waals surface area contributed by atoms with Crippen molar-refractivity contribution < 1.29 is 18.7 Å². The number of halogens is 1. The van der Waals surface area contributed by atoms with Crippen molar-refractivity contribution in [1.82, 2.24) is 4.90 Å². The Hall–Kier alpha value is -3.71. The molecule has 1 fully saturated rings. The lowest BCUT2D eigenvalue weighted by Gasteiger charge is -2.33. The second-order valence-electron chi connectivity index (χ2n) is 9.22. The maximum absolute atomic E-state index is 13.6. The quantitative estimate of drug-likeness (QED) is 0.357. The van der Waals surface area contributed by atoms with E-state index in [0.717, 1.165) is 37.2 Å². The molecule has 1 aliphatic heterocycles. The number of carbonyl (C=O) groups is 2. The SMILES string of the molecule is COc1cccc(N(CCN2CCC(C(=O)c3ccc(F)cc3)CC2)C(=O)c2ccc(N)c(C)c2)c1. The largest absolute Gasteiger partial charge is 0.497 e. The number of rotatable bonds is 8. The van der Waals surface area contributed by atoms with Gasteiger partial charge in [-0.2, -0.15) is 0 Å². The van der Waals surface area contributed by atoms with Crippen LogP contribution in [0.1, 0.15) is 39.1 Å². The molecule has 0 aromatic heterocycles. The summed E-state index contributed by atoms with van der Waals surface area (Å²) in [6, 6.07) is 18.6. The van der Waals surface area contributed by atoms with Gasteiger partial charge in [-0.3, -0.25) is 9.59 Å². The molecule has 0 aliphatic carbocycles. The molecule has 6 nitrogen and oxygen atoms in total. The lowest BCUT2D eigenvalue weighted by atomic mass is 9.89. The molecule has 1 aliphatic rings. The molecule has 1 saturated heterocycles. The molecule has 0 radical (unpaired) electrons. The van der Waals surface area contributed by atoms with Crippen LogP contribution in [0.15, 0.2) is 66.7 Å². The van der Waals surface area contributed by atoms with Crippen LogP contribution in [0.3, 0.4) is 0 Å². The molecule has 0 saturated carbocycles. The van der Waals surface area contributed by atoms with Crippen LogP contribution in [0.5, 0.6) is 5.75 Å². The minimum Gasteiger partial charge on any atom is -0.497 e. The van der Waals surface area contributed by atoms with Crippen LogP contribution in [0.25, 0.3) is 0 Å². The summed E-state index contributed by atoms with van der Waals surface area (Å²) in [6.45, 7) is 4.58. The summed E-state index contributed by atoms with van der Waals surface area (Å²) in [5.74, 6) is 0.236. The summed E-state index contributed by atoms with van der Waals surface area (Å²) in [6.07, 6.45) is 1.47. The topological polar surface area (TPSA) is 75.9 Å². The lowest BCUT2D eigenvalue weighted by Crippen LogP contribution is -2.43. The highest BCUT2D eigenvalue weighted by Gasteiger charge is 2.27. The molecule has 0 unspecified atom stereocenters. The van der Waals surface area contributed by atoms with E-state index < -0.39 is 0 Å². The van der Waals surface area contributed by atoms with E-state index in [9.17, 15) is 14.0 Å². The van der Waals surface area contributed by atoms with Gasteiger partial charge in [-0.15, -0.1) is 0 Å². The van der Waals surface area contributed by atoms with Crippen LogP contribution in [-0.2, 0) is 0 Å². The molecular formula is C29H32FN3O3. The van der Waals surface area contributed by atoms with E-state index in [2.05, 4.69) is 4.90 Å². The van der Waals surface area contributed by atoms with Crippen molar-refractivity contribution in [2.75, 3.05) is 43.9 Å². The fraction of sp³-hybridized carbons (Fsp3) is 0.310. The van der Waals surface area contributed by atoms with Gasteiger partial charge in [0.25, 0.3) is 5.91 Å². The Morgan fingerprint density at radius 3 is 2.39 bits per heavy atom. The van der Waals surface area contributed by atoms with Crippen LogP contribution >= 0.6 is 0 Å². The van der Waals surface area contributed by atoms with Gasteiger partial charge in [0.15, 0.2) is 5.78 Å². The zero-order valence-corrected chi connectivity index (χ0v) is 20.7. The van der Waals surface area contributed by atoms with Crippen molar-refractivity contribution in [3.05, 3.63) is 89.2 Å². The number of amides is 1. The van der Waals surface area contributed by atoms with Crippen molar-refractivity contribution in [2.45, 2.75) is 19.8 Å². The number of hydrogen-bond acceptors (Lipinski definition) is 5. The predicted octanol–water partition coefficient (Wildman–Crippen LogP) is 4.97. The van der Waals surface area contributed by atoms with Crippen molar-refractivity contribution in [3.63, 3.8) is 0 Å². The van der Waals surface area contributed by atoms with Crippen LogP contribution in [0.2, 0.25) is 0 Å². The lowest BCUT2D eigenvalue weighted by molar-refractivity contribution is 0.0841. The number of hydrogen-bond donors (Lipinski definition) is 1. The molecule has 1 amide bonds. The molecule has 0 spiro atoms. The number of nitrogens with two attached hydrogens (primary N) is 1. The second-order valence-corrected chi connectivity index (χ2v) is 9.22. The molecule has 0 bridgehead atoms. The molecule has 0 atom stereocenters. The average molecular weight is 490 g/mol. The molecular weight excluding hydrogens is 457 g/mol. The Balaban J connectivity index is 1.43. The summed E-state index contributed by atoms with van der Waals surface area (Å²) in [7, 11) is 1.60. The van der Waals surface area contributed by atoms with E-state index >= 15 is 0 Å². The van der Waals surface area contributed by atoms with E-state index in [0.29, 0.717) is 35.7 Å². The number of carbonyl (C=O) groups excluding carboxylic acids is 2. The summed E-state index contributed by atoms with van der Waals surface area (Å²) >= 11 is 0. The third-order valence-electron chi connectivity index (χ3n) is 6.85. The second kappa shape index (κ2) is 11.4. The molecule has 7 heteroatoms. The number of aryl methyl sites for hydroxylation is 1. The normalized spacial score (nSPS) is 14.4. The Morgan fingerprint density at radius 1 is 1.03 bits per heavy atom. The molecule has 188 valence electrons. The number of anilines is 2. The van der Waals surface area contributed by atoms with Gasteiger partial charge in [-0.25, -0.2) is 4.39 Å². The standard InChI is InChI=1S/C29H32FN3O3/c1-20-18-23(8-11-27(20)31)29(35)33(25-4-3-5-26(19-25)36-2)17-16-32-14-12-22(13-15-32)28(34)21-6-9-24(30)10-7-21/h3-11,18-19,22H,12-17,31H2,1-2H3. The Bertz CT molecular complexity index is 1220. The molecule has 3 aromatic carbocycles. The molecule has 1 heterocycles.